The standard InChI is InChI=1S/C58H41NO/c1-57(2)50-21-9-11-23-52(50)58(53-24-12-10-22-51(53)57)48-20-8-6-17-44(48)47-37-41(31-36-49(47)58)40-29-34-43(35-30-40)59(42-32-27-39(28-33-42)38-15-4-3-5-16-38)54-25-14-19-46-45-18-7-13-26-55(45)60-56(46)54/h3-37H,1-2H3. The molecule has 0 saturated carbocycles. The van der Waals surface area contributed by atoms with Crippen molar-refractivity contribution in [3.05, 3.63) is 246 Å². The van der Waals surface area contributed by atoms with Crippen LogP contribution in [-0.2, 0) is 10.8 Å². The molecule has 0 fully saturated rings. The van der Waals surface area contributed by atoms with Crippen molar-refractivity contribution >= 4 is 39.0 Å². The number of rotatable bonds is 5. The Morgan fingerprint density at radius 2 is 0.867 bits per heavy atom. The van der Waals surface area contributed by atoms with Crippen LogP contribution in [0.3, 0.4) is 0 Å². The van der Waals surface area contributed by atoms with Gasteiger partial charge in [-0.05, 0) is 109 Å². The van der Waals surface area contributed by atoms with Gasteiger partial charge in [0.1, 0.15) is 5.58 Å². The molecule has 2 aliphatic rings. The van der Waals surface area contributed by atoms with Crippen molar-refractivity contribution in [3.8, 4) is 33.4 Å². The molecule has 284 valence electrons. The van der Waals surface area contributed by atoms with Crippen molar-refractivity contribution in [2.45, 2.75) is 24.7 Å². The van der Waals surface area contributed by atoms with Gasteiger partial charge in [-0.1, -0.05) is 184 Å². The van der Waals surface area contributed by atoms with E-state index in [0.29, 0.717) is 0 Å². The average molecular weight is 768 g/mol. The molecule has 9 aromatic carbocycles. The van der Waals surface area contributed by atoms with Crippen molar-refractivity contribution < 1.29 is 4.42 Å². The van der Waals surface area contributed by atoms with Crippen LogP contribution in [0, 0.1) is 0 Å². The molecule has 0 aliphatic heterocycles. The Bertz CT molecular complexity index is 3230. The summed E-state index contributed by atoms with van der Waals surface area (Å²) in [6.45, 7) is 4.76. The molecule has 10 aromatic rings. The molecule has 0 bridgehead atoms. The molecule has 0 amide bonds. The zero-order valence-electron chi connectivity index (χ0n) is 33.6. The Morgan fingerprint density at radius 3 is 1.55 bits per heavy atom. The van der Waals surface area contributed by atoms with Gasteiger partial charge in [0, 0.05) is 27.6 Å². The van der Waals surface area contributed by atoms with Crippen LogP contribution in [0.2, 0.25) is 0 Å². The van der Waals surface area contributed by atoms with Crippen molar-refractivity contribution in [1.82, 2.24) is 0 Å². The molecule has 1 spiro atoms. The minimum Gasteiger partial charge on any atom is -0.454 e. The second kappa shape index (κ2) is 13.0. The molecule has 0 saturated heterocycles. The summed E-state index contributed by atoms with van der Waals surface area (Å²) in [5, 5.41) is 2.22. The summed E-state index contributed by atoms with van der Waals surface area (Å²) >= 11 is 0. The lowest BCUT2D eigenvalue weighted by Gasteiger charge is -2.46. The second-order valence-corrected chi connectivity index (χ2v) is 16.8. The van der Waals surface area contributed by atoms with E-state index in [-0.39, 0.29) is 5.41 Å². The Labute approximate surface area is 350 Å². The number of fused-ring (bicyclic) bond motifs is 12. The summed E-state index contributed by atoms with van der Waals surface area (Å²) in [5.74, 6) is 0. The quantitative estimate of drug-likeness (QED) is 0.173. The lowest BCUT2D eigenvalue weighted by molar-refractivity contribution is 0.563. The van der Waals surface area contributed by atoms with Crippen LogP contribution in [0.4, 0.5) is 17.1 Å². The summed E-state index contributed by atoms with van der Waals surface area (Å²) in [6.07, 6.45) is 0. The molecular formula is C58H41NO. The molecular weight excluding hydrogens is 727 g/mol. The SMILES string of the molecule is CC1(C)c2ccccc2C2(c3ccccc3-c3cc(-c4ccc(N(c5ccc(-c6ccccc6)cc5)c5cccc6c5oc5ccccc56)cc4)ccc32)c2ccccc21. The van der Waals surface area contributed by atoms with Crippen molar-refractivity contribution in [2.24, 2.45) is 0 Å². The summed E-state index contributed by atoms with van der Waals surface area (Å²) in [7, 11) is 0. The van der Waals surface area contributed by atoms with Gasteiger partial charge in [0.05, 0.1) is 11.1 Å². The van der Waals surface area contributed by atoms with Crippen LogP contribution in [-0.4, -0.2) is 0 Å². The van der Waals surface area contributed by atoms with Gasteiger partial charge in [-0.2, -0.15) is 0 Å². The van der Waals surface area contributed by atoms with Crippen LogP contribution in [0.1, 0.15) is 47.2 Å². The number of anilines is 3. The zero-order valence-corrected chi connectivity index (χ0v) is 33.6. The summed E-state index contributed by atoms with van der Waals surface area (Å²) in [4.78, 5) is 2.32. The minimum atomic E-state index is -0.398. The molecule has 12 rings (SSSR count). The molecule has 2 heteroatoms. The fourth-order valence-electron chi connectivity index (χ4n) is 10.6. The van der Waals surface area contributed by atoms with Crippen LogP contribution in [0.5, 0.6) is 0 Å². The molecule has 1 aromatic heterocycles. The van der Waals surface area contributed by atoms with Gasteiger partial charge in [0.25, 0.3) is 0 Å². The third kappa shape index (κ3) is 4.88. The lowest BCUT2D eigenvalue weighted by atomic mass is 9.55. The molecule has 2 aliphatic carbocycles. The maximum absolute atomic E-state index is 6.63. The van der Waals surface area contributed by atoms with Crippen LogP contribution in [0.15, 0.2) is 217 Å². The van der Waals surface area contributed by atoms with Gasteiger partial charge in [-0.15, -0.1) is 0 Å². The Kier molecular flexibility index (Phi) is 7.52. The minimum absolute atomic E-state index is 0.119. The second-order valence-electron chi connectivity index (χ2n) is 16.8. The first kappa shape index (κ1) is 34.6. The van der Waals surface area contributed by atoms with E-state index >= 15 is 0 Å². The molecule has 0 unspecified atom stereocenters. The average Bonchev–Trinajstić information content (AvgIpc) is 3.84. The number of hydrogen-bond acceptors (Lipinski definition) is 2. The van der Waals surface area contributed by atoms with E-state index in [9.17, 15) is 0 Å². The summed E-state index contributed by atoms with van der Waals surface area (Å²) < 4.78 is 6.63. The van der Waals surface area contributed by atoms with Crippen molar-refractivity contribution in [2.75, 3.05) is 4.90 Å². The smallest absolute Gasteiger partial charge is 0.159 e. The fourth-order valence-corrected chi connectivity index (χ4v) is 10.6. The van der Waals surface area contributed by atoms with Gasteiger partial charge < -0.3 is 9.32 Å². The van der Waals surface area contributed by atoms with E-state index in [4.69, 9.17) is 4.42 Å². The zero-order chi connectivity index (χ0) is 40.0. The maximum Gasteiger partial charge on any atom is 0.159 e. The molecule has 1 heterocycles. The summed E-state index contributed by atoms with van der Waals surface area (Å²) in [6, 6.07) is 77.8. The van der Waals surface area contributed by atoms with Crippen LogP contribution in [0.25, 0.3) is 55.3 Å². The normalized spacial score (nSPS) is 14.1. The Hall–Kier alpha value is -7.42. The van der Waals surface area contributed by atoms with Crippen LogP contribution >= 0.6 is 0 Å². The Balaban J connectivity index is 0.994. The molecule has 0 N–H and O–H groups in total. The first-order valence-electron chi connectivity index (χ1n) is 20.9. The molecule has 2 nitrogen and oxygen atoms in total. The van der Waals surface area contributed by atoms with Gasteiger partial charge in [-0.25, -0.2) is 0 Å². The highest BCUT2D eigenvalue weighted by molar-refractivity contribution is 6.10. The third-order valence-corrected chi connectivity index (χ3v) is 13.4. The summed E-state index contributed by atoms with van der Waals surface area (Å²) in [5.41, 5.74) is 20.0. The first-order valence-corrected chi connectivity index (χ1v) is 20.9. The van der Waals surface area contributed by atoms with E-state index < -0.39 is 5.41 Å². The highest BCUT2D eigenvalue weighted by Crippen LogP contribution is 2.62. The first-order chi connectivity index (χ1) is 29.5. The maximum atomic E-state index is 6.63. The number of para-hydroxylation sites is 2. The van der Waals surface area contributed by atoms with Crippen molar-refractivity contribution in [3.63, 3.8) is 0 Å². The molecule has 0 radical (unpaired) electrons. The van der Waals surface area contributed by atoms with Crippen LogP contribution < -0.4 is 4.90 Å². The Morgan fingerprint density at radius 1 is 0.367 bits per heavy atom. The van der Waals surface area contributed by atoms with E-state index in [1.165, 1.54) is 66.8 Å². The van der Waals surface area contributed by atoms with E-state index in [2.05, 4.69) is 225 Å². The monoisotopic (exact) mass is 767 g/mol. The predicted octanol–water partition coefficient (Wildman–Crippen LogP) is 15.4. The predicted molar refractivity (Wildman–Crippen MR) is 249 cm³/mol. The topological polar surface area (TPSA) is 16.4 Å². The van der Waals surface area contributed by atoms with Gasteiger partial charge >= 0.3 is 0 Å². The molecule has 0 atom stereocenters. The molecule has 60 heavy (non-hydrogen) atoms. The van der Waals surface area contributed by atoms with E-state index in [1.54, 1.807) is 0 Å². The number of benzene rings is 9. The van der Waals surface area contributed by atoms with Gasteiger partial charge in [-0.3, -0.25) is 0 Å². The van der Waals surface area contributed by atoms with E-state index in [0.717, 1.165) is 39.0 Å². The lowest BCUT2D eigenvalue weighted by Crippen LogP contribution is -2.40. The largest absolute Gasteiger partial charge is 0.454 e. The number of hydrogen-bond donors (Lipinski definition) is 0. The number of nitrogens with zero attached hydrogens (tertiary/aromatic N) is 1. The highest BCUT2D eigenvalue weighted by atomic mass is 16.3. The van der Waals surface area contributed by atoms with Gasteiger partial charge in [0.15, 0.2) is 5.58 Å². The van der Waals surface area contributed by atoms with Gasteiger partial charge in [0.2, 0.25) is 0 Å². The van der Waals surface area contributed by atoms with Crippen molar-refractivity contribution in [1.29, 1.82) is 0 Å². The highest BCUT2D eigenvalue weighted by Gasteiger charge is 2.53. The number of furan rings is 1. The fraction of sp³-hybridized carbons (Fsp3) is 0.0690. The van der Waals surface area contributed by atoms with E-state index in [1.807, 2.05) is 6.07 Å². The third-order valence-electron chi connectivity index (χ3n) is 13.4.